The lowest BCUT2D eigenvalue weighted by Gasteiger charge is -2.22. The maximum Gasteiger partial charge on any atom is 0.289 e. The van der Waals surface area contributed by atoms with E-state index in [4.69, 9.17) is 21.1 Å². The predicted molar refractivity (Wildman–Crippen MR) is 102 cm³/mol. The number of ether oxygens (including phenoxy) is 2. The van der Waals surface area contributed by atoms with E-state index in [1.165, 1.54) is 24.0 Å². The Kier molecular flexibility index (Phi) is 7.24. The van der Waals surface area contributed by atoms with E-state index < -0.39 is 23.9 Å². The molecule has 0 aromatic carbocycles. The van der Waals surface area contributed by atoms with E-state index in [-0.39, 0.29) is 24.0 Å². The summed E-state index contributed by atoms with van der Waals surface area (Å²) in [6.45, 7) is 2.39. The molecular formula is C19H25ClN2O5. The van der Waals surface area contributed by atoms with Crippen molar-refractivity contribution in [2.45, 2.75) is 18.6 Å². The fourth-order valence-electron chi connectivity index (χ4n) is 2.79. The van der Waals surface area contributed by atoms with Crippen LogP contribution < -0.4 is 0 Å². The van der Waals surface area contributed by atoms with Gasteiger partial charge in [0, 0.05) is 27.8 Å². The molecule has 2 amide bonds. The largest absolute Gasteiger partial charge is 0.503 e. The SMILES string of the molecule is COC(CN1CC(C(=O)N(C)CC2=CC=C(C)C(Cl)C=C2)=C(O)C1=O)OC. The molecule has 0 saturated carbocycles. The average molecular weight is 397 g/mol. The number of carbonyl (C=O) groups excluding carboxylic acids is 2. The van der Waals surface area contributed by atoms with Crippen molar-refractivity contribution in [3.05, 3.63) is 46.8 Å². The first-order valence-electron chi connectivity index (χ1n) is 8.50. The Labute approximate surface area is 164 Å². The highest BCUT2D eigenvalue weighted by Crippen LogP contribution is 2.21. The second kappa shape index (κ2) is 9.21. The summed E-state index contributed by atoms with van der Waals surface area (Å²) in [5.74, 6) is -1.54. The van der Waals surface area contributed by atoms with Crippen LogP contribution in [0.1, 0.15) is 6.92 Å². The third-order valence-corrected chi connectivity index (χ3v) is 5.01. The zero-order chi connectivity index (χ0) is 20.1. The van der Waals surface area contributed by atoms with Gasteiger partial charge in [-0.05, 0) is 12.5 Å². The third-order valence-electron chi connectivity index (χ3n) is 4.52. The van der Waals surface area contributed by atoms with Gasteiger partial charge >= 0.3 is 0 Å². The average Bonchev–Trinajstić information content (AvgIpc) is 2.84. The fourth-order valence-corrected chi connectivity index (χ4v) is 2.93. The molecule has 1 unspecified atom stereocenters. The Hall–Kier alpha value is -2.09. The first-order valence-corrected chi connectivity index (χ1v) is 8.94. The number of likely N-dealkylation sites (N-methyl/N-ethyl adjacent to an activating group) is 1. The van der Waals surface area contributed by atoms with Gasteiger partial charge in [0.2, 0.25) is 0 Å². The van der Waals surface area contributed by atoms with Gasteiger partial charge in [0.1, 0.15) is 0 Å². The summed E-state index contributed by atoms with van der Waals surface area (Å²) in [6, 6.07) is 0. The van der Waals surface area contributed by atoms with Crippen molar-refractivity contribution in [1.29, 1.82) is 0 Å². The summed E-state index contributed by atoms with van der Waals surface area (Å²) in [4.78, 5) is 27.7. The zero-order valence-corrected chi connectivity index (χ0v) is 16.7. The van der Waals surface area contributed by atoms with Gasteiger partial charge in [0.15, 0.2) is 12.0 Å². The highest BCUT2D eigenvalue weighted by atomic mass is 35.5. The standard InChI is InChI=1S/C19H25ClN2O5/c1-12-5-6-13(7-8-15(12)20)9-21(2)18(24)14-10-22(19(25)17(14)23)11-16(26-3)27-4/h5-8,15-16,23H,9-11H2,1-4H3. The number of rotatable bonds is 7. The summed E-state index contributed by atoms with van der Waals surface area (Å²) in [5, 5.41) is 9.95. The molecule has 0 spiro atoms. The first-order chi connectivity index (χ1) is 12.8. The number of hydrogen-bond acceptors (Lipinski definition) is 5. The Morgan fingerprint density at radius 2 is 2.07 bits per heavy atom. The second-order valence-corrected chi connectivity index (χ2v) is 6.96. The highest BCUT2D eigenvalue weighted by Gasteiger charge is 2.36. The van der Waals surface area contributed by atoms with Gasteiger partial charge in [-0.3, -0.25) is 9.59 Å². The van der Waals surface area contributed by atoms with E-state index in [2.05, 4.69) is 0 Å². The van der Waals surface area contributed by atoms with Crippen LogP contribution in [0.15, 0.2) is 46.8 Å². The molecule has 0 fully saturated rings. The van der Waals surface area contributed by atoms with Crippen molar-refractivity contribution in [3.63, 3.8) is 0 Å². The van der Waals surface area contributed by atoms with Crippen LogP contribution in [0, 0.1) is 0 Å². The van der Waals surface area contributed by atoms with Crippen molar-refractivity contribution >= 4 is 23.4 Å². The van der Waals surface area contributed by atoms with Crippen molar-refractivity contribution in [2.75, 3.05) is 40.9 Å². The molecule has 1 atom stereocenters. The fraction of sp³-hybridized carbons (Fsp3) is 0.474. The number of carbonyl (C=O) groups is 2. The molecule has 0 aromatic heterocycles. The maximum atomic E-state index is 12.7. The number of amides is 2. The smallest absolute Gasteiger partial charge is 0.289 e. The number of nitrogens with zero attached hydrogens (tertiary/aromatic N) is 2. The van der Waals surface area contributed by atoms with E-state index in [1.807, 2.05) is 31.2 Å². The van der Waals surface area contributed by atoms with E-state index in [0.717, 1.165) is 11.1 Å². The Morgan fingerprint density at radius 1 is 1.41 bits per heavy atom. The molecule has 7 nitrogen and oxygen atoms in total. The van der Waals surface area contributed by atoms with Gasteiger partial charge in [-0.2, -0.15) is 0 Å². The zero-order valence-electron chi connectivity index (χ0n) is 15.9. The summed E-state index contributed by atoms with van der Waals surface area (Å²) < 4.78 is 10.1. The Morgan fingerprint density at radius 3 is 2.70 bits per heavy atom. The lowest BCUT2D eigenvalue weighted by molar-refractivity contribution is -0.141. The lowest BCUT2D eigenvalue weighted by Crippen LogP contribution is -2.37. The number of methoxy groups -OCH3 is 2. The van der Waals surface area contributed by atoms with Gasteiger partial charge in [0.05, 0.1) is 24.0 Å². The van der Waals surface area contributed by atoms with Crippen molar-refractivity contribution < 1.29 is 24.2 Å². The quantitative estimate of drug-likeness (QED) is 0.524. The molecule has 1 heterocycles. The first kappa shape index (κ1) is 21.2. The van der Waals surface area contributed by atoms with Gasteiger partial charge in [-0.25, -0.2) is 0 Å². The van der Waals surface area contributed by atoms with E-state index in [1.54, 1.807) is 7.05 Å². The maximum absolute atomic E-state index is 12.7. The number of hydrogen-bond donors (Lipinski definition) is 1. The normalized spacial score (nSPS) is 20.1. The van der Waals surface area contributed by atoms with Gasteiger partial charge in [-0.15, -0.1) is 11.6 Å². The van der Waals surface area contributed by atoms with Crippen LogP contribution in [0.5, 0.6) is 0 Å². The van der Waals surface area contributed by atoms with Crippen molar-refractivity contribution in [3.8, 4) is 0 Å². The van der Waals surface area contributed by atoms with Crippen LogP contribution in [0.2, 0.25) is 0 Å². The minimum Gasteiger partial charge on any atom is -0.503 e. The van der Waals surface area contributed by atoms with Crippen LogP contribution in [0.4, 0.5) is 0 Å². The molecule has 2 rings (SSSR count). The van der Waals surface area contributed by atoms with Crippen LogP contribution in [0.25, 0.3) is 0 Å². The molecule has 0 bridgehead atoms. The molecule has 8 heteroatoms. The molecule has 1 N–H and O–H groups in total. The minimum absolute atomic E-state index is 0.00864. The summed E-state index contributed by atoms with van der Waals surface area (Å²) in [5.41, 5.74) is 1.97. The number of aliphatic hydroxyl groups excluding tert-OH is 1. The molecule has 0 saturated heterocycles. The molecule has 0 radical (unpaired) electrons. The monoisotopic (exact) mass is 396 g/mol. The number of alkyl halides is 1. The van der Waals surface area contributed by atoms with Gasteiger partial charge in [0.25, 0.3) is 11.8 Å². The van der Waals surface area contributed by atoms with Crippen LogP contribution >= 0.6 is 11.6 Å². The van der Waals surface area contributed by atoms with E-state index in [9.17, 15) is 14.7 Å². The lowest BCUT2D eigenvalue weighted by atomic mass is 10.2. The molecule has 0 aromatic rings. The van der Waals surface area contributed by atoms with Gasteiger partial charge in [-0.1, -0.05) is 29.9 Å². The Balaban J connectivity index is 2.06. The molecular weight excluding hydrogens is 372 g/mol. The molecule has 27 heavy (non-hydrogen) atoms. The van der Waals surface area contributed by atoms with Crippen molar-refractivity contribution in [1.82, 2.24) is 9.80 Å². The summed E-state index contributed by atoms with van der Waals surface area (Å²) in [6.07, 6.45) is 6.92. The van der Waals surface area contributed by atoms with Crippen LogP contribution in [0.3, 0.4) is 0 Å². The number of aliphatic hydroxyl groups is 1. The topological polar surface area (TPSA) is 79.3 Å². The van der Waals surface area contributed by atoms with Crippen molar-refractivity contribution in [2.24, 2.45) is 0 Å². The minimum atomic E-state index is -0.631. The molecule has 1 aliphatic carbocycles. The Bertz CT molecular complexity index is 722. The van der Waals surface area contributed by atoms with Crippen LogP contribution in [-0.4, -0.2) is 79.3 Å². The van der Waals surface area contributed by atoms with E-state index in [0.29, 0.717) is 6.54 Å². The third kappa shape index (κ3) is 5.00. The van der Waals surface area contributed by atoms with E-state index >= 15 is 0 Å². The molecule has 1 aliphatic heterocycles. The second-order valence-electron chi connectivity index (χ2n) is 6.49. The molecule has 2 aliphatic rings. The van der Waals surface area contributed by atoms with Gasteiger partial charge < -0.3 is 24.4 Å². The predicted octanol–water partition coefficient (Wildman–Crippen LogP) is 1.77. The molecule has 148 valence electrons. The highest BCUT2D eigenvalue weighted by molar-refractivity contribution is 6.23. The number of halogens is 1. The van der Waals surface area contributed by atoms with Crippen LogP contribution in [-0.2, 0) is 19.1 Å². The summed E-state index contributed by atoms with van der Waals surface area (Å²) in [7, 11) is 4.53. The number of allylic oxidation sites excluding steroid dienone is 4. The summed E-state index contributed by atoms with van der Waals surface area (Å²) >= 11 is 6.18.